The van der Waals surface area contributed by atoms with Crippen LogP contribution in [0.5, 0.6) is 0 Å². The highest BCUT2D eigenvalue weighted by Crippen LogP contribution is 2.39. The van der Waals surface area contributed by atoms with E-state index in [4.69, 9.17) is 5.11 Å². The summed E-state index contributed by atoms with van der Waals surface area (Å²) in [6, 6.07) is 3.57. The van der Waals surface area contributed by atoms with Crippen molar-refractivity contribution in [3.05, 3.63) is 40.4 Å². The molecular weight excluding hydrogens is 286 g/mol. The molecule has 2 aromatic rings. The van der Waals surface area contributed by atoms with Crippen LogP contribution in [-0.2, 0) is 11.2 Å². The van der Waals surface area contributed by atoms with Crippen LogP contribution in [0.4, 0.5) is 19.6 Å². The molecule has 2 N–H and O–H groups in total. The maximum Gasteiger partial charge on any atom is 0.312 e. The number of rotatable bonds is 3. The maximum atomic E-state index is 13.5. The SMILES string of the molecule is O=C(O)C1CCc2sc(Nc3c(F)cccc3F)nc21. The second kappa shape index (κ2) is 4.82. The Kier molecular flexibility index (Phi) is 3.13. The molecule has 1 unspecified atom stereocenters. The van der Waals surface area contributed by atoms with E-state index in [1.807, 2.05) is 0 Å². The molecular formula is C13H10F2N2O2S. The molecule has 1 heterocycles. The van der Waals surface area contributed by atoms with Gasteiger partial charge in [-0.3, -0.25) is 4.79 Å². The van der Waals surface area contributed by atoms with Crippen molar-refractivity contribution in [2.45, 2.75) is 18.8 Å². The number of anilines is 2. The lowest BCUT2D eigenvalue weighted by Crippen LogP contribution is -2.08. The van der Waals surface area contributed by atoms with E-state index in [0.29, 0.717) is 23.7 Å². The van der Waals surface area contributed by atoms with Gasteiger partial charge in [0.2, 0.25) is 0 Å². The zero-order valence-corrected chi connectivity index (χ0v) is 11.0. The third kappa shape index (κ3) is 2.14. The number of aliphatic carboxylic acids is 1. The number of carboxylic acids is 1. The second-order valence-corrected chi connectivity index (χ2v) is 5.56. The van der Waals surface area contributed by atoms with Gasteiger partial charge in [-0.1, -0.05) is 6.07 Å². The van der Waals surface area contributed by atoms with Crippen molar-refractivity contribution >= 4 is 28.1 Å². The van der Waals surface area contributed by atoms with Crippen molar-refractivity contribution in [2.24, 2.45) is 0 Å². The van der Waals surface area contributed by atoms with Crippen molar-refractivity contribution in [1.29, 1.82) is 0 Å². The minimum atomic E-state index is -0.919. The largest absolute Gasteiger partial charge is 0.481 e. The number of nitrogens with zero attached hydrogens (tertiary/aromatic N) is 1. The minimum absolute atomic E-state index is 0.271. The Morgan fingerprint density at radius 1 is 1.40 bits per heavy atom. The predicted molar refractivity (Wildman–Crippen MR) is 70.5 cm³/mol. The zero-order chi connectivity index (χ0) is 14.3. The molecule has 0 spiro atoms. The Labute approximate surface area is 117 Å². The Hall–Kier alpha value is -2.02. The number of nitrogens with one attached hydrogen (secondary N) is 1. The van der Waals surface area contributed by atoms with Crippen LogP contribution in [0.15, 0.2) is 18.2 Å². The molecule has 3 rings (SSSR count). The van der Waals surface area contributed by atoms with Gasteiger partial charge in [0.05, 0.1) is 5.69 Å². The second-order valence-electron chi connectivity index (χ2n) is 4.48. The monoisotopic (exact) mass is 296 g/mol. The summed E-state index contributed by atoms with van der Waals surface area (Å²) in [6.45, 7) is 0. The number of para-hydroxylation sites is 1. The number of fused-ring (bicyclic) bond motifs is 1. The lowest BCUT2D eigenvalue weighted by atomic mass is 10.1. The molecule has 1 aromatic carbocycles. The summed E-state index contributed by atoms with van der Waals surface area (Å²) in [4.78, 5) is 16.1. The summed E-state index contributed by atoms with van der Waals surface area (Å²) in [5.74, 6) is -2.97. The summed E-state index contributed by atoms with van der Waals surface area (Å²) in [5, 5.41) is 12.0. The number of halogens is 2. The van der Waals surface area contributed by atoms with Crippen LogP contribution >= 0.6 is 11.3 Å². The number of carbonyl (C=O) groups is 1. The fourth-order valence-corrected chi connectivity index (χ4v) is 3.29. The zero-order valence-electron chi connectivity index (χ0n) is 10.2. The van der Waals surface area contributed by atoms with Crippen LogP contribution in [0.25, 0.3) is 0 Å². The molecule has 1 aliphatic rings. The average molecular weight is 296 g/mol. The third-order valence-electron chi connectivity index (χ3n) is 3.21. The Morgan fingerprint density at radius 2 is 2.10 bits per heavy atom. The van der Waals surface area contributed by atoms with E-state index in [1.54, 1.807) is 0 Å². The molecule has 0 fully saturated rings. The van der Waals surface area contributed by atoms with Crippen LogP contribution in [0, 0.1) is 11.6 Å². The van der Waals surface area contributed by atoms with E-state index >= 15 is 0 Å². The van der Waals surface area contributed by atoms with E-state index in [-0.39, 0.29) is 5.69 Å². The summed E-state index contributed by atoms with van der Waals surface area (Å²) >= 11 is 1.24. The van der Waals surface area contributed by atoms with Gasteiger partial charge in [-0.15, -0.1) is 11.3 Å². The molecule has 1 aliphatic carbocycles. The van der Waals surface area contributed by atoms with E-state index in [0.717, 1.165) is 17.0 Å². The number of hydrogen-bond acceptors (Lipinski definition) is 4. The summed E-state index contributed by atoms with van der Waals surface area (Å²) in [5.41, 5.74) is 0.230. The molecule has 0 amide bonds. The van der Waals surface area contributed by atoms with Gasteiger partial charge in [0.25, 0.3) is 0 Å². The quantitative estimate of drug-likeness (QED) is 0.912. The van der Waals surface area contributed by atoms with Gasteiger partial charge in [0.15, 0.2) is 5.13 Å². The molecule has 0 saturated heterocycles. The summed E-state index contributed by atoms with van der Waals surface area (Å²) in [7, 11) is 0. The van der Waals surface area contributed by atoms with Gasteiger partial charge in [0, 0.05) is 4.88 Å². The normalized spacial score (nSPS) is 17.0. The molecule has 0 saturated carbocycles. The van der Waals surface area contributed by atoms with E-state index in [1.165, 1.54) is 17.4 Å². The van der Waals surface area contributed by atoms with Crippen LogP contribution in [0.1, 0.15) is 22.9 Å². The van der Waals surface area contributed by atoms with Crippen LogP contribution in [0.2, 0.25) is 0 Å². The van der Waals surface area contributed by atoms with Gasteiger partial charge in [0.1, 0.15) is 23.2 Å². The molecule has 0 aliphatic heterocycles. The Bertz CT molecular complexity index is 667. The van der Waals surface area contributed by atoms with Gasteiger partial charge in [-0.25, -0.2) is 13.8 Å². The molecule has 0 radical (unpaired) electrons. The van der Waals surface area contributed by atoms with Crippen LogP contribution in [-0.4, -0.2) is 16.1 Å². The predicted octanol–water partition coefficient (Wildman–Crippen LogP) is 3.28. The number of aryl methyl sites for hydroxylation is 1. The maximum absolute atomic E-state index is 13.5. The first-order valence-electron chi connectivity index (χ1n) is 5.99. The number of carboxylic acid groups (broad SMARTS) is 1. The third-order valence-corrected chi connectivity index (χ3v) is 4.26. The Morgan fingerprint density at radius 3 is 2.75 bits per heavy atom. The van der Waals surface area contributed by atoms with Gasteiger partial charge < -0.3 is 10.4 Å². The van der Waals surface area contributed by atoms with E-state index in [9.17, 15) is 13.6 Å². The van der Waals surface area contributed by atoms with Crippen LogP contribution in [0.3, 0.4) is 0 Å². The number of aromatic nitrogens is 1. The first kappa shape index (κ1) is 13.0. The first-order chi connectivity index (χ1) is 9.56. The van der Waals surface area contributed by atoms with Crippen molar-refractivity contribution < 1.29 is 18.7 Å². The molecule has 4 nitrogen and oxygen atoms in total. The fraction of sp³-hybridized carbons (Fsp3) is 0.231. The standard InChI is InChI=1S/C13H10F2N2O2S/c14-7-2-1-3-8(15)11(7)17-13-16-10-6(12(18)19)4-5-9(10)20-13/h1-3,6H,4-5H2,(H,16,17)(H,18,19). The lowest BCUT2D eigenvalue weighted by Gasteiger charge is -2.06. The fourth-order valence-electron chi connectivity index (χ4n) is 2.25. The van der Waals surface area contributed by atoms with Gasteiger partial charge in [-0.2, -0.15) is 0 Å². The highest BCUT2D eigenvalue weighted by atomic mass is 32.1. The molecule has 0 bridgehead atoms. The molecule has 20 heavy (non-hydrogen) atoms. The number of thiazole rings is 1. The average Bonchev–Trinajstić information content (AvgIpc) is 2.92. The smallest absolute Gasteiger partial charge is 0.312 e. The summed E-state index contributed by atoms with van der Waals surface area (Å²) in [6.07, 6.45) is 1.16. The first-order valence-corrected chi connectivity index (χ1v) is 6.81. The van der Waals surface area contributed by atoms with Gasteiger partial charge >= 0.3 is 5.97 Å². The van der Waals surface area contributed by atoms with Crippen molar-refractivity contribution in [1.82, 2.24) is 4.98 Å². The molecule has 7 heteroatoms. The molecule has 1 aromatic heterocycles. The highest BCUT2D eigenvalue weighted by molar-refractivity contribution is 7.15. The van der Waals surface area contributed by atoms with E-state index < -0.39 is 23.5 Å². The topological polar surface area (TPSA) is 62.2 Å². The molecule has 104 valence electrons. The minimum Gasteiger partial charge on any atom is -0.481 e. The highest BCUT2D eigenvalue weighted by Gasteiger charge is 2.32. The lowest BCUT2D eigenvalue weighted by molar-refractivity contribution is -0.138. The van der Waals surface area contributed by atoms with Crippen molar-refractivity contribution in [2.75, 3.05) is 5.32 Å². The molecule has 1 atom stereocenters. The van der Waals surface area contributed by atoms with Crippen molar-refractivity contribution in [3.63, 3.8) is 0 Å². The van der Waals surface area contributed by atoms with E-state index in [2.05, 4.69) is 10.3 Å². The number of benzene rings is 1. The van der Waals surface area contributed by atoms with Gasteiger partial charge in [-0.05, 0) is 25.0 Å². The van der Waals surface area contributed by atoms with Crippen molar-refractivity contribution in [3.8, 4) is 0 Å². The summed E-state index contributed by atoms with van der Waals surface area (Å²) < 4.78 is 27.0. The number of hydrogen-bond donors (Lipinski definition) is 2. The Balaban J connectivity index is 1.91. The van der Waals surface area contributed by atoms with Crippen LogP contribution < -0.4 is 5.32 Å².